The number of methoxy groups -OCH3 is 1. The van der Waals surface area contributed by atoms with Crippen molar-refractivity contribution in [3.8, 4) is 11.8 Å². The number of rotatable bonds is 3. The maximum Gasteiger partial charge on any atom is 0.170 e. The molecule has 0 bridgehead atoms. The first kappa shape index (κ1) is 12.3. The van der Waals surface area contributed by atoms with E-state index in [2.05, 4.69) is 16.7 Å². The molecule has 1 aromatic rings. The van der Waals surface area contributed by atoms with E-state index in [1.807, 2.05) is 6.92 Å². The average Bonchev–Trinajstić information content (AvgIpc) is 2.30. The lowest BCUT2D eigenvalue weighted by atomic mass is 10.2. The van der Waals surface area contributed by atoms with Gasteiger partial charge in [0.1, 0.15) is 5.75 Å². The zero-order chi connectivity index (χ0) is 12.0. The summed E-state index contributed by atoms with van der Waals surface area (Å²) in [5, 5.41) is 15.3. The van der Waals surface area contributed by atoms with E-state index < -0.39 is 0 Å². The molecule has 0 atom stereocenters. The third kappa shape index (κ3) is 3.11. The second kappa shape index (κ2) is 5.93. The van der Waals surface area contributed by atoms with Crippen LogP contribution in [0.15, 0.2) is 18.2 Å². The number of thiocarbonyl (C=S) groups is 1. The minimum atomic E-state index is 0.533. The Morgan fingerprint density at radius 2 is 2.31 bits per heavy atom. The Hall–Kier alpha value is -1.80. The van der Waals surface area contributed by atoms with Crippen LogP contribution in [0, 0.1) is 11.3 Å². The summed E-state index contributed by atoms with van der Waals surface area (Å²) in [4.78, 5) is 0. The van der Waals surface area contributed by atoms with Crippen molar-refractivity contribution in [2.75, 3.05) is 19.0 Å². The van der Waals surface area contributed by atoms with Crippen LogP contribution in [0.5, 0.6) is 5.75 Å². The molecular weight excluding hydrogens is 222 g/mol. The van der Waals surface area contributed by atoms with Crippen LogP contribution in [0.1, 0.15) is 12.5 Å². The molecule has 0 unspecified atom stereocenters. The van der Waals surface area contributed by atoms with Crippen molar-refractivity contribution >= 4 is 23.0 Å². The van der Waals surface area contributed by atoms with Crippen molar-refractivity contribution in [2.45, 2.75) is 6.92 Å². The number of nitrogens with zero attached hydrogens (tertiary/aromatic N) is 1. The van der Waals surface area contributed by atoms with Crippen molar-refractivity contribution in [3.05, 3.63) is 23.8 Å². The van der Waals surface area contributed by atoms with Crippen molar-refractivity contribution in [1.29, 1.82) is 5.26 Å². The zero-order valence-electron chi connectivity index (χ0n) is 9.20. The Labute approximate surface area is 100 Å². The molecule has 0 spiro atoms. The van der Waals surface area contributed by atoms with Gasteiger partial charge >= 0.3 is 0 Å². The topological polar surface area (TPSA) is 57.1 Å². The van der Waals surface area contributed by atoms with Gasteiger partial charge in [0.05, 0.1) is 24.4 Å². The molecule has 84 valence electrons. The molecule has 1 aromatic carbocycles. The highest BCUT2D eigenvalue weighted by Gasteiger charge is 2.05. The summed E-state index contributed by atoms with van der Waals surface area (Å²) in [6.07, 6.45) is 0. The summed E-state index contributed by atoms with van der Waals surface area (Å²) in [5.41, 5.74) is 1.30. The monoisotopic (exact) mass is 235 g/mol. The van der Waals surface area contributed by atoms with E-state index in [4.69, 9.17) is 22.2 Å². The molecule has 0 saturated heterocycles. The number of nitriles is 1. The molecule has 0 aliphatic carbocycles. The normalized spacial score (nSPS) is 9.06. The highest BCUT2D eigenvalue weighted by Crippen LogP contribution is 2.25. The van der Waals surface area contributed by atoms with Gasteiger partial charge in [-0.05, 0) is 31.3 Å². The van der Waals surface area contributed by atoms with Gasteiger partial charge in [-0.25, -0.2) is 0 Å². The van der Waals surface area contributed by atoms with Gasteiger partial charge in [-0.2, -0.15) is 5.26 Å². The Morgan fingerprint density at radius 1 is 1.56 bits per heavy atom. The summed E-state index contributed by atoms with van der Waals surface area (Å²) >= 11 is 5.06. The van der Waals surface area contributed by atoms with Crippen molar-refractivity contribution in [3.63, 3.8) is 0 Å². The maximum absolute atomic E-state index is 8.75. The van der Waals surface area contributed by atoms with Crippen molar-refractivity contribution < 1.29 is 4.74 Å². The minimum absolute atomic E-state index is 0.533. The largest absolute Gasteiger partial charge is 0.495 e. The first-order valence-electron chi connectivity index (χ1n) is 4.84. The van der Waals surface area contributed by atoms with Gasteiger partial charge in [0.25, 0.3) is 0 Å². The first-order chi connectivity index (χ1) is 7.71. The van der Waals surface area contributed by atoms with Crippen LogP contribution >= 0.6 is 12.2 Å². The SMILES string of the molecule is CCNC(=S)Nc1ccc(C#N)cc1OC. The fourth-order valence-corrected chi connectivity index (χ4v) is 1.45. The highest BCUT2D eigenvalue weighted by molar-refractivity contribution is 7.80. The van der Waals surface area contributed by atoms with E-state index in [9.17, 15) is 0 Å². The molecule has 1 rings (SSSR count). The standard InChI is InChI=1S/C11H13N3OS/c1-3-13-11(16)14-9-5-4-8(7-12)6-10(9)15-2/h4-6H,3H2,1-2H3,(H2,13,14,16). The number of ether oxygens (including phenoxy) is 1. The fraction of sp³-hybridized carbons (Fsp3) is 0.273. The summed E-state index contributed by atoms with van der Waals surface area (Å²) in [7, 11) is 1.55. The average molecular weight is 235 g/mol. The van der Waals surface area contributed by atoms with Gasteiger partial charge < -0.3 is 15.4 Å². The molecule has 0 aromatic heterocycles. The molecule has 0 heterocycles. The lowest BCUT2D eigenvalue weighted by Gasteiger charge is -2.12. The predicted octanol–water partition coefficient (Wildman–Crippen LogP) is 1.87. The first-order valence-corrected chi connectivity index (χ1v) is 5.25. The van der Waals surface area contributed by atoms with Gasteiger partial charge in [0.2, 0.25) is 0 Å². The summed E-state index contributed by atoms with van der Waals surface area (Å²) in [6.45, 7) is 2.72. The summed E-state index contributed by atoms with van der Waals surface area (Å²) in [6, 6.07) is 7.19. The van der Waals surface area contributed by atoms with Gasteiger partial charge in [0.15, 0.2) is 5.11 Å². The molecule has 5 heteroatoms. The highest BCUT2D eigenvalue weighted by atomic mass is 32.1. The number of anilines is 1. The third-order valence-corrected chi connectivity index (χ3v) is 2.16. The lowest BCUT2D eigenvalue weighted by Crippen LogP contribution is -2.28. The van der Waals surface area contributed by atoms with E-state index in [1.54, 1.807) is 25.3 Å². The Bertz CT molecular complexity index is 426. The predicted molar refractivity (Wildman–Crippen MR) is 67.6 cm³/mol. The van der Waals surface area contributed by atoms with Gasteiger partial charge in [-0.15, -0.1) is 0 Å². The van der Waals surface area contributed by atoms with Crippen LogP contribution in [-0.2, 0) is 0 Å². The smallest absolute Gasteiger partial charge is 0.170 e. The van der Waals surface area contributed by atoms with Crippen molar-refractivity contribution in [2.24, 2.45) is 0 Å². The number of hydrogen-bond acceptors (Lipinski definition) is 3. The van der Waals surface area contributed by atoms with Gasteiger partial charge in [0, 0.05) is 12.6 Å². The zero-order valence-corrected chi connectivity index (χ0v) is 10.0. The second-order valence-electron chi connectivity index (χ2n) is 3.01. The number of nitrogens with one attached hydrogen (secondary N) is 2. The molecule has 0 aliphatic rings. The van der Waals surface area contributed by atoms with Crippen molar-refractivity contribution in [1.82, 2.24) is 5.32 Å². The van der Waals surface area contributed by atoms with Crippen LogP contribution in [-0.4, -0.2) is 18.8 Å². The summed E-state index contributed by atoms with van der Waals surface area (Å²) in [5.74, 6) is 0.597. The summed E-state index contributed by atoms with van der Waals surface area (Å²) < 4.78 is 5.17. The van der Waals surface area contributed by atoms with Crippen LogP contribution in [0.25, 0.3) is 0 Å². The van der Waals surface area contributed by atoms with Crippen LogP contribution < -0.4 is 15.4 Å². The number of benzene rings is 1. The quantitative estimate of drug-likeness (QED) is 0.783. The van der Waals surface area contributed by atoms with E-state index in [0.717, 1.165) is 12.2 Å². The minimum Gasteiger partial charge on any atom is -0.495 e. The Kier molecular flexibility index (Phi) is 4.55. The van der Waals surface area contributed by atoms with E-state index in [-0.39, 0.29) is 0 Å². The van der Waals surface area contributed by atoms with Crippen LogP contribution in [0.2, 0.25) is 0 Å². The molecule has 4 nitrogen and oxygen atoms in total. The van der Waals surface area contributed by atoms with Crippen LogP contribution in [0.4, 0.5) is 5.69 Å². The molecule has 0 saturated carbocycles. The molecule has 0 aliphatic heterocycles. The molecular formula is C11H13N3OS. The third-order valence-electron chi connectivity index (χ3n) is 1.92. The lowest BCUT2D eigenvalue weighted by molar-refractivity contribution is 0.417. The molecule has 0 fully saturated rings. The maximum atomic E-state index is 8.75. The van der Waals surface area contributed by atoms with Crippen LogP contribution in [0.3, 0.4) is 0 Å². The fourth-order valence-electron chi connectivity index (χ4n) is 1.19. The van der Waals surface area contributed by atoms with E-state index in [1.165, 1.54) is 0 Å². The molecule has 16 heavy (non-hydrogen) atoms. The molecule has 0 radical (unpaired) electrons. The molecule has 0 amide bonds. The Morgan fingerprint density at radius 3 is 2.88 bits per heavy atom. The van der Waals surface area contributed by atoms with E-state index >= 15 is 0 Å². The number of hydrogen-bond donors (Lipinski definition) is 2. The molecule has 2 N–H and O–H groups in total. The van der Waals surface area contributed by atoms with E-state index in [0.29, 0.717) is 16.4 Å². The van der Waals surface area contributed by atoms with Gasteiger partial charge in [-0.1, -0.05) is 0 Å². The Balaban J connectivity index is 2.88. The second-order valence-corrected chi connectivity index (χ2v) is 3.42. The van der Waals surface area contributed by atoms with Gasteiger partial charge in [-0.3, -0.25) is 0 Å².